The number of benzene rings is 2. The van der Waals surface area contributed by atoms with Crippen molar-refractivity contribution in [3.8, 4) is 12.3 Å². The fourth-order valence-corrected chi connectivity index (χ4v) is 1.99. The number of hydrogen-bond donors (Lipinski definition) is 0. The van der Waals surface area contributed by atoms with Gasteiger partial charge in [-0.1, -0.05) is 73.5 Å². The van der Waals surface area contributed by atoms with Gasteiger partial charge in [-0.25, -0.2) is 0 Å². The number of rotatable bonds is 5. The summed E-state index contributed by atoms with van der Waals surface area (Å²) in [7, 11) is 0. The standard InChI is InChI=1S/C18H18O/c1-3-18(17-12-8-5-9-13-17)19-14-15(2)16-10-6-4-7-11-16/h1,4-13,15,18H,14H2,2H3/t15-,18?/m1/s1. The third-order valence-electron chi connectivity index (χ3n) is 3.14. The third kappa shape index (κ3) is 3.71. The van der Waals surface area contributed by atoms with Gasteiger partial charge in [-0.15, -0.1) is 6.42 Å². The average Bonchev–Trinajstić information content (AvgIpc) is 2.49. The van der Waals surface area contributed by atoms with Crippen molar-refractivity contribution in [1.82, 2.24) is 0 Å². The molecule has 0 radical (unpaired) electrons. The molecule has 0 saturated carbocycles. The quantitative estimate of drug-likeness (QED) is 0.723. The molecule has 0 aliphatic carbocycles. The Morgan fingerprint density at radius 1 is 0.947 bits per heavy atom. The molecule has 2 atom stereocenters. The van der Waals surface area contributed by atoms with Crippen LogP contribution in [0.2, 0.25) is 0 Å². The minimum absolute atomic E-state index is 0.271. The fraction of sp³-hybridized carbons (Fsp3) is 0.222. The number of terminal acetylenes is 1. The van der Waals surface area contributed by atoms with Crippen molar-refractivity contribution < 1.29 is 4.74 Å². The van der Waals surface area contributed by atoms with Gasteiger partial charge in [-0.2, -0.15) is 0 Å². The van der Waals surface area contributed by atoms with Gasteiger partial charge in [-0.05, 0) is 11.1 Å². The highest BCUT2D eigenvalue weighted by Crippen LogP contribution is 2.21. The highest BCUT2D eigenvalue weighted by molar-refractivity contribution is 5.24. The van der Waals surface area contributed by atoms with E-state index in [-0.39, 0.29) is 6.10 Å². The van der Waals surface area contributed by atoms with Crippen molar-refractivity contribution in [3.63, 3.8) is 0 Å². The molecule has 0 saturated heterocycles. The van der Waals surface area contributed by atoms with Gasteiger partial charge in [0.2, 0.25) is 0 Å². The second kappa shape index (κ2) is 6.78. The van der Waals surface area contributed by atoms with Crippen LogP contribution in [0.5, 0.6) is 0 Å². The van der Waals surface area contributed by atoms with Crippen LogP contribution in [0, 0.1) is 12.3 Å². The summed E-state index contributed by atoms with van der Waals surface area (Å²) in [6, 6.07) is 20.3. The molecule has 2 aromatic rings. The molecule has 0 heterocycles. The maximum Gasteiger partial charge on any atom is 0.143 e. The van der Waals surface area contributed by atoms with Gasteiger partial charge in [0, 0.05) is 5.92 Å². The van der Waals surface area contributed by atoms with E-state index in [1.807, 2.05) is 48.5 Å². The van der Waals surface area contributed by atoms with Gasteiger partial charge in [0.1, 0.15) is 6.10 Å². The van der Waals surface area contributed by atoms with Crippen LogP contribution in [0.25, 0.3) is 0 Å². The normalized spacial score (nSPS) is 13.5. The Balaban J connectivity index is 1.96. The molecule has 0 N–H and O–H groups in total. The Hall–Kier alpha value is -2.04. The Morgan fingerprint density at radius 2 is 1.47 bits per heavy atom. The highest BCUT2D eigenvalue weighted by Gasteiger charge is 2.11. The monoisotopic (exact) mass is 250 g/mol. The summed E-state index contributed by atoms with van der Waals surface area (Å²) in [6.45, 7) is 2.77. The lowest BCUT2D eigenvalue weighted by Gasteiger charge is -2.17. The van der Waals surface area contributed by atoms with Crippen LogP contribution in [-0.2, 0) is 4.74 Å². The summed E-state index contributed by atoms with van der Waals surface area (Å²) in [4.78, 5) is 0. The van der Waals surface area contributed by atoms with Gasteiger partial charge >= 0.3 is 0 Å². The Kier molecular flexibility index (Phi) is 4.78. The molecule has 0 bridgehead atoms. The molecule has 0 aliphatic rings. The zero-order valence-electron chi connectivity index (χ0n) is 11.1. The van der Waals surface area contributed by atoms with Crippen LogP contribution in [0.3, 0.4) is 0 Å². The second-order valence-corrected chi connectivity index (χ2v) is 4.60. The molecule has 96 valence electrons. The van der Waals surface area contributed by atoms with Gasteiger partial charge in [0.25, 0.3) is 0 Å². The van der Waals surface area contributed by atoms with Gasteiger partial charge in [-0.3, -0.25) is 0 Å². The predicted octanol–water partition coefficient (Wildman–Crippen LogP) is 4.18. The van der Waals surface area contributed by atoms with E-state index >= 15 is 0 Å². The van der Waals surface area contributed by atoms with E-state index in [0.29, 0.717) is 12.5 Å². The fourth-order valence-electron chi connectivity index (χ4n) is 1.99. The van der Waals surface area contributed by atoms with Crippen LogP contribution in [-0.4, -0.2) is 6.61 Å². The van der Waals surface area contributed by atoms with E-state index in [4.69, 9.17) is 11.2 Å². The molecule has 0 aromatic heterocycles. The van der Waals surface area contributed by atoms with Crippen molar-refractivity contribution in [2.24, 2.45) is 0 Å². The van der Waals surface area contributed by atoms with Crippen molar-refractivity contribution in [1.29, 1.82) is 0 Å². The van der Waals surface area contributed by atoms with E-state index < -0.39 is 0 Å². The van der Waals surface area contributed by atoms with Crippen molar-refractivity contribution in [2.45, 2.75) is 18.9 Å². The predicted molar refractivity (Wildman–Crippen MR) is 78.8 cm³/mol. The summed E-state index contributed by atoms with van der Waals surface area (Å²) in [5.74, 6) is 3.04. The molecular formula is C18H18O. The average molecular weight is 250 g/mol. The molecule has 1 unspecified atom stereocenters. The van der Waals surface area contributed by atoms with Crippen LogP contribution in [0.1, 0.15) is 30.1 Å². The second-order valence-electron chi connectivity index (χ2n) is 4.60. The number of hydrogen-bond acceptors (Lipinski definition) is 1. The van der Waals surface area contributed by atoms with Crippen molar-refractivity contribution >= 4 is 0 Å². The SMILES string of the molecule is C#CC(OC[C@@H](C)c1ccccc1)c1ccccc1. The first-order chi connectivity index (χ1) is 9.31. The van der Waals surface area contributed by atoms with Gasteiger partial charge < -0.3 is 4.74 Å². The minimum Gasteiger partial charge on any atom is -0.360 e. The van der Waals surface area contributed by atoms with Crippen LogP contribution in [0.15, 0.2) is 60.7 Å². The molecule has 1 nitrogen and oxygen atoms in total. The molecule has 0 aliphatic heterocycles. The largest absolute Gasteiger partial charge is 0.360 e. The maximum absolute atomic E-state index is 5.86. The maximum atomic E-state index is 5.86. The number of ether oxygens (including phenoxy) is 1. The lowest BCUT2D eigenvalue weighted by molar-refractivity contribution is 0.0825. The van der Waals surface area contributed by atoms with E-state index in [1.165, 1.54) is 5.56 Å². The van der Waals surface area contributed by atoms with Gasteiger partial charge in [0.05, 0.1) is 6.61 Å². The summed E-state index contributed by atoms with van der Waals surface area (Å²) < 4.78 is 5.86. The first-order valence-corrected chi connectivity index (χ1v) is 6.49. The van der Waals surface area contributed by atoms with Crippen molar-refractivity contribution in [2.75, 3.05) is 6.61 Å². The van der Waals surface area contributed by atoms with E-state index in [2.05, 4.69) is 25.0 Å². The molecule has 0 amide bonds. The lowest BCUT2D eigenvalue weighted by Crippen LogP contribution is -2.08. The van der Waals surface area contributed by atoms with Gasteiger partial charge in [0.15, 0.2) is 0 Å². The topological polar surface area (TPSA) is 9.23 Å². The van der Waals surface area contributed by atoms with E-state index in [1.54, 1.807) is 0 Å². The molecule has 0 spiro atoms. The minimum atomic E-state index is -0.271. The molecule has 19 heavy (non-hydrogen) atoms. The molecular weight excluding hydrogens is 232 g/mol. The molecule has 1 heteroatoms. The zero-order valence-corrected chi connectivity index (χ0v) is 11.1. The van der Waals surface area contributed by atoms with Crippen LogP contribution in [0.4, 0.5) is 0 Å². The van der Waals surface area contributed by atoms with Crippen LogP contribution >= 0.6 is 0 Å². The lowest BCUT2D eigenvalue weighted by atomic mass is 10.0. The Labute approximate surface area is 115 Å². The third-order valence-corrected chi connectivity index (χ3v) is 3.14. The molecule has 2 aromatic carbocycles. The first-order valence-electron chi connectivity index (χ1n) is 6.49. The molecule has 0 fully saturated rings. The zero-order chi connectivity index (χ0) is 13.5. The Morgan fingerprint density at radius 3 is 2.00 bits per heavy atom. The van der Waals surface area contributed by atoms with Crippen molar-refractivity contribution in [3.05, 3.63) is 71.8 Å². The summed E-state index contributed by atoms with van der Waals surface area (Å²) in [6.07, 6.45) is 5.28. The van der Waals surface area contributed by atoms with E-state index in [0.717, 1.165) is 5.56 Å². The van der Waals surface area contributed by atoms with Crippen LogP contribution < -0.4 is 0 Å². The Bertz CT molecular complexity index is 525. The van der Waals surface area contributed by atoms with E-state index in [9.17, 15) is 0 Å². The first kappa shape index (κ1) is 13.4. The summed E-state index contributed by atoms with van der Waals surface area (Å²) in [5.41, 5.74) is 2.30. The smallest absolute Gasteiger partial charge is 0.143 e. The highest BCUT2D eigenvalue weighted by atomic mass is 16.5. The summed E-state index contributed by atoms with van der Waals surface area (Å²) >= 11 is 0. The summed E-state index contributed by atoms with van der Waals surface area (Å²) in [5, 5.41) is 0. The molecule has 2 rings (SSSR count).